The largest absolute Gasteiger partial charge is 0.345 e. The van der Waals surface area contributed by atoms with E-state index in [9.17, 15) is 4.79 Å². The molecule has 1 saturated heterocycles. The molecule has 0 atom stereocenters. The van der Waals surface area contributed by atoms with Crippen molar-refractivity contribution in [2.75, 3.05) is 33.7 Å². The van der Waals surface area contributed by atoms with Crippen molar-refractivity contribution in [3.05, 3.63) is 0 Å². The first-order valence-electron chi connectivity index (χ1n) is 7.20. The Morgan fingerprint density at radius 1 is 1.28 bits per heavy atom. The molecule has 2 fully saturated rings. The van der Waals surface area contributed by atoms with E-state index >= 15 is 0 Å². The lowest BCUT2D eigenvalue weighted by molar-refractivity contribution is -0.122. The molecule has 3 N–H and O–H groups in total. The molecule has 0 aromatic rings. The van der Waals surface area contributed by atoms with Crippen LogP contribution in [0.25, 0.3) is 0 Å². The Morgan fingerprint density at radius 2 is 1.78 bits per heavy atom. The molecule has 0 radical (unpaired) electrons. The van der Waals surface area contributed by atoms with Gasteiger partial charge in [0, 0.05) is 13.1 Å². The van der Waals surface area contributed by atoms with E-state index in [1.807, 2.05) is 25.8 Å². The quantitative estimate of drug-likeness (QED) is 0.753. The number of rotatable bonds is 3. The third kappa shape index (κ3) is 4.58. The molecule has 0 unspecified atom stereocenters. The summed E-state index contributed by atoms with van der Waals surface area (Å²) >= 11 is 0. The van der Waals surface area contributed by atoms with Gasteiger partial charge >= 0.3 is 0 Å². The summed E-state index contributed by atoms with van der Waals surface area (Å²) in [6, 6.07) is 0. The highest BCUT2D eigenvalue weighted by Gasteiger charge is 2.44. The van der Waals surface area contributed by atoms with Crippen LogP contribution in [0.5, 0.6) is 0 Å². The van der Waals surface area contributed by atoms with Gasteiger partial charge in [-0.1, -0.05) is 13.8 Å². The molecule has 1 saturated carbocycles. The predicted molar refractivity (Wildman–Crippen MR) is 77.4 cm³/mol. The van der Waals surface area contributed by atoms with Crippen LogP contribution in [0.4, 0.5) is 0 Å². The smallest absolute Gasteiger partial charge is 0.209 e. The van der Waals surface area contributed by atoms with Gasteiger partial charge in [-0.05, 0) is 57.7 Å². The Kier molecular flexibility index (Phi) is 9.02. The van der Waals surface area contributed by atoms with Crippen molar-refractivity contribution in [3.8, 4) is 0 Å². The number of nitrogens with two attached hydrogens (primary N) is 1. The van der Waals surface area contributed by atoms with Crippen molar-refractivity contribution in [2.24, 2.45) is 17.1 Å². The SMILES string of the molecule is CC.CN.CNCC1CC2(CCN(C=O)CC2)C1. The number of likely N-dealkylation sites (tertiary alicyclic amines) is 1. The molecule has 1 spiro atoms. The number of carbonyl (C=O) groups excluding carboxylic acids is 1. The van der Waals surface area contributed by atoms with E-state index in [2.05, 4.69) is 11.1 Å². The standard InChI is InChI=1S/C11H20N2O.C2H6.CH5N/c1-12-8-10-6-11(7-10)2-4-13(9-14)5-3-11;2*1-2/h9-10,12H,2-8H2,1H3;1-2H3;2H2,1H3. The number of piperidine rings is 1. The summed E-state index contributed by atoms with van der Waals surface area (Å²) in [7, 11) is 3.53. The monoisotopic (exact) mass is 257 g/mol. The minimum absolute atomic E-state index is 0.612. The van der Waals surface area contributed by atoms with Crippen LogP contribution in [0.3, 0.4) is 0 Å². The number of amides is 1. The molecule has 4 nitrogen and oxygen atoms in total. The van der Waals surface area contributed by atoms with E-state index in [4.69, 9.17) is 0 Å². The zero-order valence-electron chi connectivity index (χ0n) is 12.5. The van der Waals surface area contributed by atoms with E-state index < -0.39 is 0 Å². The van der Waals surface area contributed by atoms with Crippen LogP contribution in [-0.2, 0) is 4.79 Å². The first kappa shape index (κ1) is 17.4. The number of carbonyl (C=O) groups is 1. The first-order valence-corrected chi connectivity index (χ1v) is 7.20. The van der Waals surface area contributed by atoms with Crippen LogP contribution in [0.2, 0.25) is 0 Å². The van der Waals surface area contributed by atoms with Crippen LogP contribution in [0.15, 0.2) is 0 Å². The lowest BCUT2D eigenvalue weighted by atomic mass is 9.57. The highest BCUT2D eigenvalue weighted by Crippen LogP contribution is 2.52. The van der Waals surface area contributed by atoms with Crippen molar-refractivity contribution in [1.29, 1.82) is 0 Å². The Hall–Kier alpha value is -0.610. The van der Waals surface area contributed by atoms with Gasteiger partial charge in [0.2, 0.25) is 6.41 Å². The molecule has 18 heavy (non-hydrogen) atoms. The lowest BCUT2D eigenvalue weighted by Crippen LogP contribution is -2.48. The zero-order valence-corrected chi connectivity index (χ0v) is 12.5. The molecule has 0 aromatic carbocycles. The van der Waals surface area contributed by atoms with E-state index in [-0.39, 0.29) is 0 Å². The molecule has 1 aliphatic carbocycles. The number of hydrogen-bond acceptors (Lipinski definition) is 3. The molecule has 2 rings (SSSR count). The van der Waals surface area contributed by atoms with Gasteiger partial charge in [0.1, 0.15) is 0 Å². The van der Waals surface area contributed by atoms with Crippen LogP contribution in [0, 0.1) is 11.3 Å². The van der Waals surface area contributed by atoms with Gasteiger partial charge < -0.3 is 16.0 Å². The van der Waals surface area contributed by atoms with Gasteiger partial charge in [0.15, 0.2) is 0 Å². The van der Waals surface area contributed by atoms with Gasteiger partial charge in [-0.2, -0.15) is 0 Å². The van der Waals surface area contributed by atoms with Gasteiger partial charge in [-0.15, -0.1) is 0 Å². The molecule has 108 valence electrons. The molecule has 2 aliphatic rings. The number of nitrogens with one attached hydrogen (secondary N) is 1. The summed E-state index contributed by atoms with van der Waals surface area (Å²) in [4.78, 5) is 12.5. The average molecular weight is 257 g/mol. The minimum atomic E-state index is 0.612. The Bertz CT molecular complexity index is 205. The molecule has 0 bridgehead atoms. The van der Waals surface area contributed by atoms with Crippen molar-refractivity contribution >= 4 is 6.41 Å². The number of hydrogen-bond donors (Lipinski definition) is 2. The van der Waals surface area contributed by atoms with E-state index in [0.29, 0.717) is 5.41 Å². The van der Waals surface area contributed by atoms with Crippen LogP contribution < -0.4 is 11.1 Å². The molecule has 4 heteroatoms. The molecule has 1 aliphatic heterocycles. The fourth-order valence-electron chi connectivity index (χ4n) is 3.11. The van der Waals surface area contributed by atoms with Gasteiger partial charge in [0.25, 0.3) is 0 Å². The van der Waals surface area contributed by atoms with Crippen molar-refractivity contribution in [2.45, 2.75) is 39.5 Å². The first-order chi connectivity index (χ1) is 8.78. The highest BCUT2D eigenvalue weighted by molar-refractivity contribution is 5.47. The average Bonchev–Trinajstić information content (AvgIpc) is 2.43. The predicted octanol–water partition coefficient (Wildman–Crippen LogP) is 1.46. The second kappa shape index (κ2) is 9.34. The number of nitrogens with zero attached hydrogens (tertiary/aromatic N) is 1. The maximum atomic E-state index is 10.6. The van der Waals surface area contributed by atoms with Crippen molar-refractivity contribution in [1.82, 2.24) is 10.2 Å². The Morgan fingerprint density at radius 3 is 2.17 bits per heavy atom. The third-order valence-electron chi connectivity index (χ3n) is 3.94. The van der Waals surface area contributed by atoms with Crippen LogP contribution in [0.1, 0.15) is 39.5 Å². The lowest BCUT2D eigenvalue weighted by Gasteiger charge is -2.52. The van der Waals surface area contributed by atoms with Crippen LogP contribution >= 0.6 is 0 Å². The van der Waals surface area contributed by atoms with Gasteiger partial charge in [-0.3, -0.25) is 4.79 Å². The second-order valence-corrected chi connectivity index (χ2v) is 4.97. The summed E-state index contributed by atoms with van der Waals surface area (Å²) in [6.07, 6.45) is 6.20. The van der Waals surface area contributed by atoms with E-state index in [1.165, 1.54) is 39.3 Å². The summed E-state index contributed by atoms with van der Waals surface area (Å²) in [5.41, 5.74) is 5.11. The normalized spacial score (nSPS) is 21.1. The maximum absolute atomic E-state index is 10.6. The molecular formula is C14H31N3O. The summed E-state index contributed by atoms with van der Waals surface area (Å²) in [5.74, 6) is 0.891. The summed E-state index contributed by atoms with van der Waals surface area (Å²) in [5, 5.41) is 3.24. The van der Waals surface area contributed by atoms with Gasteiger partial charge in [0.05, 0.1) is 0 Å². The summed E-state index contributed by atoms with van der Waals surface area (Å²) < 4.78 is 0. The fraction of sp³-hybridized carbons (Fsp3) is 0.929. The summed E-state index contributed by atoms with van der Waals surface area (Å²) in [6.45, 7) is 7.13. The van der Waals surface area contributed by atoms with Gasteiger partial charge in [-0.25, -0.2) is 0 Å². The van der Waals surface area contributed by atoms with E-state index in [1.54, 1.807) is 0 Å². The topological polar surface area (TPSA) is 58.4 Å². The molecule has 1 heterocycles. The molecule has 1 amide bonds. The third-order valence-corrected chi connectivity index (χ3v) is 3.94. The minimum Gasteiger partial charge on any atom is -0.345 e. The Labute approximate surface area is 112 Å². The Balaban J connectivity index is 0.000000659. The van der Waals surface area contributed by atoms with Crippen molar-refractivity contribution in [3.63, 3.8) is 0 Å². The highest BCUT2D eigenvalue weighted by atomic mass is 16.1. The van der Waals surface area contributed by atoms with Crippen molar-refractivity contribution < 1.29 is 4.79 Å². The second-order valence-electron chi connectivity index (χ2n) is 4.97. The fourth-order valence-corrected chi connectivity index (χ4v) is 3.11. The molecular weight excluding hydrogens is 226 g/mol. The molecule has 0 aromatic heterocycles. The zero-order chi connectivity index (χ0) is 14.0. The van der Waals surface area contributed by atoms with Crippen LogP contribution in [-0.4, -0.2) is 45.0 Å². The maximum Gasteiger partial charge on any atom is 0.209 e. The van der Waals surface area contributed by atoms with E-state index in [0.717, 1.165) is 25.4 Å².